The third-order valence-electron chi connectivity index (χ3n) is 4.95. The summed E-state index contributed by atoms with van der Waals surface area (Å²) in [5, 5.41) is 6.08. The molecule has 0 amide bonds. The van der Waals surface area contributed by atoms with Crippen LogP contribution in [-0.2, 0) is 11.3 Å². The summed E-state index contributed by atoms with van der Waals surface area (Å²) in [5.41, 5.74) is 1.40. The lowest BCUT2D eigenvalue weighted by Crippen LogP contribution is -2.20. The number of hydrogen-bond acceptors (Lipinski definition) is 4. The molecule has 2 aromatic rings. The Labute approximate surface area is 169 Å². The zero-order valence-electron chi connectivity index (χ0n) is 16.1. The van der Waals surface area contributed by atoms with Gasteiger partial charge in [-0.25, -0.2) is 13.8 Å². The number of rotatable bonds is 9. The van der Waals surface area contributed by atoms with E-state index in [1.807, 2.05) is 5.38 Å². The maximum Gasteiger partial charge on any atom is 0.159 e. The molecule has 1 fully saturated rings. The van der Waals surface area contributed by atoms with E-state index in [4.69, 9.17) is 4.74 Å². The van der Waals surface area contributed by atoms with Gasteiger partial charge in [0, 0.05) is 10.9 Å². The molecule has 1 atom stereocenters. The molecule has 0 radical (unpaired) electrons. The first-order chi connectivity index (χ1) is 13.7. The number of benzene rings is 1. The maximum absolute atomic E-state index is 13.3. The lowest BCUT2D eigenvalue weighted by atomic mass is 9.98. The van der Waals surface area contributed by atoms with Gasteiger partial charge in [-0.05, 0) is 69.3 Å². The number of aromatic nitrogens is 1. The highest BCUT2D eigenvalue weighted by atomic mass is 32.1. The number of allylic oxidation sites excluding steroid dienone is 1. The molecule has 0 aliphatic carbocycles. The molecule has 1 aliphatic rings. The first kappa shape index (κ1) is 21.1. The topological polar surface area (TPSA) is 34.1 Å². The van der Waals surface area contributed by atoms with Gasteiger partial charge >= 0.3 is 0 Å². The third kappa shape index (κ3) is 6.76. The van der Waals surface area contributed by atoms with Crippen molar-refractivity contribution >= 4 is 11.3 Å². The summed E-state index contributed by atoms with van der Waals surface area (Å²) in [7, 11) is 0. The van der Waals surface area contributed by atoms with Crippen LogP contribution < -0.4 is 5.32 Å². The van der Waals surface area contributed by atoms with Crippen molar-refractivity contribution in [3.05, 3.63) is 53.1 Å². The quantitative estimate of drug-likeness (QED) is 0.427. The Morgan fingerprint density at radius 2 is 2.07 bits per heavy atom. The molecular formula is C22H28F2N2OS. The van der Waals surface area contributed by atoms with E-state index >= 15 is 0 Å². The molecule has 1 unspecified atom stereocenters. The van der Waals surface area contributed by atoms with Crippen LogP contribution in [0.4, 0.5) is 8.78 Å². The number of ether oxygens (including phenoxy) is 1. The van der Waals surface area contributed by atoms with E-state index in [2.05, 4.69) is 22.5 Å². The monoisotopic (exact) mass is 406 g/mol. The first-order valence-electron chi connectivity index (χ1n) is 10.1. The van der Waals surface area contributed by atoms with Crippen molar-refractivity contribution in [2.75, 3.05) is 19.7 Å². The van der Waals surface area contributed by atoms with Crippen molar-refractivity contribution in [2.45, 2.75) is 45.1 Å². The van der Waals surface area contributed by atoms with E-state index in [1.54, 1.807) is 0 Å². The van der Waals surface area contributed by atoms with Crippen LogP contribution >= 0.6 is 11.3 Å². The van der Waals surface area contributed by atoms with Crippen LogP contribution in [-0.4, -0.2) is 24.7 Å². The van der Waals surface area contributed by atoms with Crippen LogP contribution in [0.2, 0.25) is 0 Å². The van der Waals surface area contributed by atoms with Crippen LogP contribution in [0.1, 0.15) is 44.2 Å². The summed E-state index contributed by atoms with van der Waals surface area (Å²) in [5.74, 6) is -0.882. The zero-order valence-corrected chi connectivity index (χ0v) is 16.9. The number of hydrogen-bond donors (Lipinski definition) is 1. The van der Waals surface area contributed by atoms with Crippen LogP contribution in [0.25, 0.3) is 10.6 Å². The van der Waals surface area contributed by atoms with E-state index in [9.17, 15) is 8.78 Å². The molecule has 28 heavy (non-hydrogen) atoms. The molecule has 0 spiro atoms. The van der Waals surface area contributed by atoms with Gasteiger partial charge in [0.1, 0.15) is 5.01 Å². The van der Waals surface area contributed by atoms with Gasteiger partial charge in [0.25, 0.3) is 0 Å². The Bertz CT molecular complexity index is 755. The van der Waals surface area contributed by atoms with Crippen LogP contribution in [0.3, 0.4) is 0 Å². The predicted octanol–water partition coefficient (Wildman–Crippen LogP) is 5.72. The van der Waals surface area contributed by atoms with Gasteiger partial charge in [-0.1, -0.05) is 18.6 Å². The van der Waals surface area contributed by atoms with E-state index in [0.717, 1.165) is 37.1 Å². The molecule has 2 heterocycles. The van der Waals surface area contributed by atoms with E-state index in [0.29, 0.717) is 23.8 Å². The number of halogens is 2. The van der Waals surface area contributed by atoms with Crippen molar-refractivity contribution in [3.8, 4) is 10.6 Å². The first-order valence-corrected chi connectivity index (χ1v) is 10.9. The van der Waals surface area contributed by atoms with Crippen molar-refractivity contribution in [1.82, 2.24) is 10.3 Å². The average molecular weight is 407 g/mol. The van der Waals surface area contributed by atoms with Crippen molar-refractivity contribution in [3.63, 3.8) is 0 Å². The van der Waals surface area contributed by atoms with Gasteiger partial charge in [0.05, 0.1) is 18.9 Å². The van der Waals surface area contributed by atoms with E-state index in [-0.39, 0.29) is 0 Å². The second kappa shape index (κ2) is 11.4. The summed E-state index contributed by atoms with van der Waals surface area (Å²) >= 11 is 1.41. The molecule has 1 aliphatic heterocycles. The fourth-order valence-corrected chi connectivity index (χ4v) is 4.17. The highest BCUT2D eigenvalue weighted by Gasteiger charge is 2.10. The highest BCUT2D eigenvalue weighted by molar-refractivity contribution is 7.13. The normalized spacial score (nSPS) is 17.9. The summed E-state index contributed by atoms with van der Waals surface area (Å²) in [6.07, 6.45) is 11.8. The molecule has 1 N–H and O–H groups in total. The minimum atomic E-state index is -0.854. The van der Waals surface area contributed by atoms with Gasteiger partial charge in [-0.15, -0.1) is 11.3 Å². The van der Waals surface area contributed by atoms with Gasteiger partial charge in [0.15, 0.2) is 11.6 Å². The number of thiazole rings is 1. The summed E-state index contributed by atoms with van der Waals surface area (Å²) < 4.78 is 32.0. The number of nitrogens with zero attached hydrogens (tertiary/aromatic N) is 1. The summed E-state index contributed by atoms with van der Waals surface area (Å²) in [4.78, 5) is 4.44. The van der Waals surface area contributed by atoms with Crippen LogP contribution in [0.15, 0.2) is 35.7 Å². The second-order valence-electron chi connectivity index (χ2n) is 7.23. The number of nitrogens with one attached hydrogen (secondary N) is 1. The fourth-order valence-electron chi connectivity index (χ4n) is 3.37. The molecule has 0 saturated carbocycles. The van der Waals surface area contributed by atoms with Crippen LogP contribution in [0.5, 0.6) is 0 Å². The molecule has 1 aromatic carbocycles. The standard InChI is InChI=1S/C22H28F2N2OS/c23-20-10-9-18(13-21(20)24)22-26-19(16-28-22)15-27-12-6-2-1-3-7-17-8-4-5-11-25-14-17/h1-2,9-10,13,16-17,25H,3-8,11-12,14-15H2/b2-1+. The fraction of sp³-hybridized carbons (Fsp3) is 0.500. The van der Waals surface area contributed by atoms with Gasteiger partial charge < -0.3 is 10.1 Å². The summed E-state index contributed by atoms with van der Waals surface area (Å²) in [6, 6.07) is 3.84. The van der Waals surface area contributed by atoms with Crippen molar-refractivity contribution in [2.24, 2.45) is 5.92 Å². The Morgan fingerprint density at radius 1 is 1.18 bits per heavy atom. The molecular weight excluding hydrogens is 378 g/mol. The second-order valence-corrected chi connectivity index (χ2v) is 8.09. The Hall–Kier alpha value is -1.63. The average Bonchev–Trinajstić information content (AvgIpc) is 3.01. The van der Waals surface area contributed by atoms with Gasteiger partial charge in [0.2, 0.25) is 0 Å². The molecule has 1 saturated heterocycles. The SMILES string of the molecule is Fc1ccc(-c2nc(COCC/C=C/CCC3CCCCNC3)cs2)cc1F. The molecule has 3 nitrogen and oxygen atoms in total. The van der Waals surface area contributed by atoms with Crippen molar-refractivity contribution < 1.29 is 13.5 Å². The maximum atomic E-state index is 13.3. The Balaban J connectivity index is 1.31. The van der Waals surface area contributed by atoms with Crippen molar-refractivity contribution in [1.29, 1.82) is 0 Å². The lowest BCUT2D eigenvalue weighted by Gasteiger charge is -2.12. The predicted molar refractivity (Wildman–Crippen MR) is 110 cm³/mol. The Morgan fingerprint density at radius 3 is 2.96 bits per heavy atom. The summed E-state index contributed by atoms with van der Waals surface area (Å²) in [6.45, 7) is 3.42. The minimum Gasteiger partial charge on any atom is -0.375 e. The molecule has 3 rings (SSSR count). The Kier molecular flexibility index (Phi) is 8.58. The van der Waals surface area contributed by atoms with E-state index < -0.39 is 11.6 Å². The minimum absolute atomic E-state index is 0.432. The molecule has 6 heteroatoms. The molecule has 152 valence electrons. The molecule has 0 bridgehead atoms. The van der Waals surface area contributed by atoms with Gasteiger partial charge in [-0.2, -0.15) is 0 Å². The van der Waals surface area contributed by atoms with Gasteiger partial charge in [-0.3, -0.25) is 0 Å². The zero-order chi connectivity index (χ0) is 19.6. The molecule has 1 aromatic heterocycles. The largest absolute Gasteiger partial charge is 0.375 e. The lowest BCUT2D eigenvalue weighted by molar-refractivity contribution is 0.123. The third-order valence-corrected chi connectivity index (χ3v) is 5.89. The smallest absolute Gasteiger partial charge is 0.159 e. The van der Waals surface area contributed by atoms with Crippen LogP contribution in [0, 0.1) is 17.6 Å². The van der Waals surface area contributed by atoms with E-state index in [1.165, 1.54) is 55.7 Å². The highest BCUT2D eigenvalue weighted by Crippen LogP contribution is 2.25.